The Hall–Kier alpha value is -1.99. The highest BCUT2D eigenvalue weighted by molar-refractivity contribution is 5.79. The third-order valence-electron chi connectivity index (χ3n) is 6.77. The molecule has 7 heteroatoms. The van der Waals surface area contributed by atoms with Crippen molar-refractivity contribution in [2.75, 3.05) is 60.0 Å². The highest BCUT2D eigenvalue weighted by Gasteiger charge is 2.39. The molecule has 0 saturated carbocycles. The molecule has 0 radical (unpaired) electrons. The Balaban J connectivity index is 1.62. The number of ether oxygens (including phenoxy) is 2. The van der Waals surface area contributed by atoms with Crippen LogP contribution in [-0.2, 0) is 0 Å². The minimum absolute atomic E-state index is 0.0189. The van der Waals surface area contributed by atoms with Crippen LogP contribution < -0.4 is 20.1 Å². The number of guanidine groups is 1. The van der Waals surface area contributed by atoms with Crippen LogP contribution in [0.2, 0.25) is 0 Å². The fourth-order valence-corrected chi connectivity index (χ4v) is 4.76. The number of rotatable bonds is 9. The lowest BCUT2D eigenvalue weighted by Crippen LogP contribution is -2.58. The first kappa shape index (κ1) is 24.6. The van der Waals surface area contributed by atoms with Crippen molar-refractivity contribution in [2.24, 2.45) is 4.99 Å². The summed E-state index contributed by atoms with van der Waals surface area (Å²) >= 11 is 0. The quantitative estimate of drug-likeness (QED) is 0.450. The molecular formula is C25H43N5O2. The van der Waals surface area contributed by atoms with E-state index in [4.69, 9.17) is 14.5 Å². The van der Waals surface area contributed by atoms with Gasteiger partial charge in [-0.2, -0.15) is 0 Å². The average molecular weight is 446 g/mol. The Morgan fingerprint density at radius 3 is 2.41 bits per heavy atom. The number of hydrogen-bond acceptors (Lipinski definition) is 5. The summed E-state index contributed by atoms with van der Waals surface area (Å²) in [5, 5.41) is 6.91. The molecule has 2 heterocycles. The standard InChI is InChI=1S/C25H43N5O2/c1-5-26-24(27-19-21(2)32-23-12-8-7-11-22(23)31-4)28-20-25(13-17-29(3)18-14-25)30-15-9-6-10-16-30/h7-8,11-12,21H,5-6,9-10,13-20H2,1-4H3,(H2,26,27,28). The summed E-state index contributed by atoms with van der Waals surface area (Å²) in [6.07, 6.45) is 6.37. The minimum atomic E-state index is -0.0189. The van der Waals surface area contributed by atoms with Crippen molar-refractivity contribution in [2.45, 2.75) is 57.6 Å². The monoisotopic (exact) mass is 445 g/mol. The van der Waals surface area contributed by atoms with Gasteiger partial charge in [-0.15, -0.1) is 0 Å². The van der Waals surface area contributed by atoms with Gasteiger partial charge in [-0.25, -0.2) is 0 Å². The van der Waals surface area contributed by atoms with Gasteiger partial charge in [0.1, 0.15) is 6.10 Å². The lowest BCUT2D eigenvalue weighted by molar-refractivity contribution is 0.0208. The fraction of sp³-hybridized carbons (Fsp3) is 0.720. The first-order valence-electron chi connectivity index (χ1n) is 12.3. The SMILES string of the molecule is CCNC(=NCC1(N2CCCCC2)CCN(C)CC1)NCC(C)Oc1ccccc1OC. The molecule has 2 N–H and O–H groups in total. The Labute approximate surface area is 194 Å². The van der Waals surface area contributed by atoms with Gasteiger partial charge in [0.15, 0.2) is 17.5 Å². The number of benzene rings is 1. The first-order chi connectivity index (χ1) is 15.6. The van der Waals surface area contributed by atoms with Gasteiger partial charge in [-0.05, 0) is 84.9 Å². The number of methoxy groups -OCH3 is 1. The van der Waals surface area contributed by atoms with Crippen LogP contribution in [0.4, 0.5) is 0 Å². The molecule has 7 nitrogen and oxygen atoms in total. The van der Waals surface area contributed by atoms with Gasteiger partial charge in [0.05, 0.1) is 20.2 Å². The van der Waals surface area contributed by atoms with E-state index in [2.05, 4.69) is 41.3 Å². The van der Waals surface area contributed by atoms with Crippen LogP contribution in [0.15, 0.2) is 29.3 Å². The average Bonchev–Trinajstić information content (AvgIpc) is 2.83. The van der Waals surface area contributed by atoms with Crippen molar-refractivity contribution in [3.8, 4) is 11.5 Å². The molecule has 0 aromatic heterocycles. The predicted octanol–water partition coefficient (Wildman–Crippen LogP) is 2.97. The molecule has 32 heavy (non-hydrogen) atoms. The number of aliphatic imine (C=N–C) groups is 1. The van der Waals surface area contributed by atoms with Crippen LogP contribution in [0.3, 0.4) is 0 Å². The second-order valence-electron chi connectivity index (χ2n) is 9.23. The van der Waals surface area contributed by atoms with E-state index >= 15 is 0 Å². The van der Waals surface area contributed by atoms with E-state index in [-0.39, 0.29) is 11.6 Å². The van der Waals surface area contributed by atoms with Gasteiger partial charge in [-0.1, -0.05) is 18.6 Å². The van der Waals surface area contributed by atoms with E-state index in [9.17, 15) is 0 Å². The molecule has 2 aliphatic heterocycles. The zero-order valence-corrected chi connectivity index (χ0v) is 20.5. The van der Waals surface area contributed by atoms with E-state index in [1.54, 1.807) is 7.11 Å². The second-order valence-corrected chi connectivity index (χ2v) is 9.23. The molecule has 0 bridgehead atoms. The van der Waals surface area contributed by atoms with Gasteiger partial charge in [-0.3, -0.25) is 9.89 Å². The molecule has 2 saturated heterocycles. The van der Waals surface area contributed by atoms with Crippen LogP contribution in [-0.4, -0.2) is 87.4 Å². The number of likely N-dealkylation sites (tertiary alicyclic amines) is 2. The highest BCUT2D eigenvalue weighted by atomic mass is 16.5. The van der Waals surface area contributed by atoms with Crippen LogP contribution in [0, 0.1) is 0 Å². The molecule has 2 aliphatic rings. The van der Waals surface area contributed by atoms with Gasteiger partial charge in [0.25, 0.3) is 0 Å². The maximum atomic E-state index is 6.10. The van der Waals surface area contributed by atoms with E-state index in [0.717, 1.165) is 43.6 Å². The molecule has 180 valence electrons. The van der Waals surface area contributed by atoms with Crippen molar-refractivity contribution >= 4 is 5.96 Å². The summed E-state index contributed by atoms with van der Waals surface area (Å²) in [5.74, 6) is 2.39. The van der Waals surface area contributed by atoms with Gasteiger partial charge in [0.2, 0.25) is 0 Å². The Kier molecular flexibility index (Phi) is 9.48. The third kappa shape index (κ3) is 6.75. The minimum Gasteiger partial charge on any atom is -0.493 e. The Morgan fingerprint density at radius 2 is 1.75 bits per heavy atom. The fourth-order valence-electron chi connectivity index (χ4n) is 4.76. The number of piperidine rings is 2. The van der Waals surface area contributed by atoms with Crippen LogP contribution in [0.25, 0.3) is 0 Å². The van der Waals surface area contributed by atoms with Crippen LogP contribution in [0.1, 0.15) is 46.0 Å². The van der Waals surface area contributed by atoms with Crippen LogP contribution >= 0.6 is 0 Å². The molecule has 1 unspecified atom stereocenters. The summed E-state index contributed by atoms with van der Waals surface area (Å²) in [5.41, 5.74) is 0.189. The Bertz CT molecular complexity index is 712. The van der Waals surface area contributed by atoms with E-state index in [1.165, 1.54) is 45.2 Å². The van der Waals surface area contributed by atoms with Crippen molar-refractivity contribution < 1.29 is 9.47 Å². The molecular weight excluding hydrogens is 402 g/mol. The molecule has 3 rings (SSSR count). The van der Waals surface area contributed by atoms with Gasteiger partial charge >= 0.3 is 0 Å². The third-order valence-corrected chi connectivity index (χ3v) is 6.77. The number of nitrogens with zero attached hydrogens (tertiary/aromatic N) is 3. The molecule has 0 aliphatic carbocycles. The zero-order valence-electron chi connectivity index (χ0n) is 20.5. The predicted molar refractivity (Wildman–Crippen MR) is 132 cm³/mol. The van der Waals surface area contributed by atoms with Crippen molar-refractivity contribution in [1.29, 1.82) is 0 Å². The normalized spacial score (nSPS) is 21.1. The van der Waals surface area contributed by atoms with Gasteiger partial charge < -0.3 is 25.0 Å². The topological polar surface area (TPSA) is 61.4 Å². The molecule has 1 atom stereocenters. The van der Waals surface area contributed by atoms with Gasteiger partial charge in [0, 0.05) is 12.1 Å². The second kappa shape index (κ2) is 12.3. The summed E-state index contributed by atoms with van der Waals surface area (Å²) in [6, 6.07) is 7.77. The molecule has 1 aromatic rings. The summed E-state index contributed by atoms with van der Waals surface area (Å²) in [7, 11) is 3.90. The van der Waals surface area contributed by atoms with Crippen molar-refractivity contribution in [1.82, 2.24) is 20.4 Å². The maximum absolute atomic E-state index is 6.10. The first-order valence-corrected chi connectivity index (χ1v) is 12.3. The summed E-state index contributed by atoms with van der Waals surface area (Å²) in [6.45, 7) is 11.3. The molecule has 2 fully saturated rings. The highest BCUT2D eigenvalue weighted by Crippen LogP contribution is 2.32. The number of nitrogens with one attached hydrogen (secondary N) is 2. The lowest BCUT2D eigenvalue weighted by atomic mass is 9.84. The van der Waals surface area contributed by atoms with E-state index < -0.39 is 0 Å². The maximum Gasteiger partial charge on any atom is 0.191 e. The van der Waals surface area contributed by atoms with Crippen molar-refractivity contribution in [3.05, 3.63) is 24.3 Å². The summed E-state index contributed by atoms with van der Waals surface area (Å²) in [4.78, 5) is 10.3. The van der Waals surface area contributed by atoms with E-state index in [1.807, 2.05) is 24.3 Å². The molecule has 0 amide bonds. The van der Waals surface area contributed by atoms with E-state index in [0.29, 0.717) is 6.54 Å². The number of para-hydroxylation sites is 2. The van der Waals surface area contributed by atoms with Crippen LogP contribution in [0.5, 0.6) is 11.5 Å². The zero-order chi connectivity index (χ0) is 22.8. The van der Waals surface area contributed by atoms with Crippen molar-refractivity contribution in [3.63, 3.8) is 0 Å². The number of hydrogen-bond donors (Lipinski definition) is 2. The Morgan fingerprint density at radius 1 is 1.06 bits per heavy atom. The lowest BCUT2D eigenvalue weighted by Gasteiger charge is -2.49. The smallest absolute Gasteiger partial charge is 0.191 e. The molecule has 1 aromatic carbocycles. The largest absolute Gasteiger partial charge is 0.493 e. The summed E-state index contributed by atoms with van der Waals surface area (Å²) < 4.78 is 11.5. The molecule has 0 spiro atoms.